The maximum absolute atomic E-state index is 12.5. The Hall–Kier alpha value is -3.18. The van der Waals surface area contributed by atoms with Crippen molar-refractivity contribution in [2.45, 2.75) is 26.2 Å². The first-order chi connectivity index (χ1) is 13.7. The molecular weight excluding hydrogens is 386 g/mol. The maximum atomic E-state index is 12.5. The molecule has 0 saturated heterocycles. The van der Waals surface area contributed by atoms with Gasteiger partial charge in [0, 0.05) is 23.1 Å². The Morgan fingerprint density at radius 2 is 1.38 bits per heavy atom. The fraction of sp³-hybridized carbons (Fsp3) is 0.174. The second kappa shape index (κ2) is 8.45. The Bertz CT molecular complexity index is 1020. The zero-order valence-corrected chi connectivity index (χ0v) is 17.2. The molecule has 29 heavy (non-hydrogen) atoms. The maximum Gasteiger partial charge on any atom is 0.258 e. The minimum Gasteiger partial charge on any atom is -0.322 e. The number of halogens is 1. The highest BCUT2D eigenvalue weighted by molar-refractivity contribution is 6.33. The fourth-order valence-corrected chi connectivity index (χ4v) is 2.92. The molecule has 3 rings (SSSR count). The largest absolute Gasteiger partial charge is 0.322 e. The number of carbonyl (C=O) groups is 2. The molecule has 1 heterocycles. The predicted octanol–water partition coefficient (Wildman–Crippen LogP) is 5.54. The molecule has 0 aliphatic rings. The third-order valence-corrected chi connectivity index (χ3v) is 4.72. The first-order valence-corrected chi connectivity index (χ1v) is 9.56. The molecule has 0 fully saturated rings. The minimum atomic E-state index is -0.348. The molecule has 148 valence electrons. The Morgan fingerprint density at radius 3 is 1.90 bits per heavy atom. The van der Waals surface area contributed by atoms with Gasteiger partial charge in [-0.2, -0.15) is 0 Å². The lowest BCUT2D eigenvalue weighted by molar-refractivity contribution is 0.101. The molecule has 0 aliphatic carbocycles. The molecule has 2 amide bonds. The molecule has 2 N–H and O–H groups in total. The number of rotatable bonds is 4. The SMILES string of the molecule is CC(C)(C)c1ccc(C(=O)Nc2ccc(NC(=O)c3cccnc3Cl)cc2)cc1. The van der Waals surface area contributed by atoms with Crippen molar-refractivity contribution < 1.29 is 9.59 Å². The summed E-state index contributed by atoms with van der Waals surface area (Å²) in [6.45, 7) is 6.39. The number of nitrogens with zero attached hydrogens (tertiary/aromatic N) is 1. The Balaban J connectivity index is 1.64. The van der Waals surface area contributed by atoms with Crippen LogP contribution >= 0.6 is 11.6 Å². The van der Waals surface area contributed by atoms with E-state index in [1.165, 1.54) is 11.8 Å². The number of hydrogen-bond donors (Lipinski definition) is 2. The van der Waals surface area contributed by atoms with Gasteiger partial charge in [-0.25, -0.2) is 4.98 Å². The van der Waals surface area contributed by atoms with Crippen molar-refractivity contribution in [1.82, 2.24) is 4.98 Å². The van der Waals surface area contributed by atoms with E-state index >= 15 is 0 Å². The van der Waals surface area contributed by atoms with Crippen LogP contribution in [0.2, 0.25) is 5.15 Å². The highest BCUT2D eigenvalue weighted by atomic mass is 35.5. The molecule has 0 aliphatic heterocycles. The van der Waals surface area contributed by atoms with Crippen molar-refractivity contribution in [3.05, 3.63) is 88.7 Å². The van der Waals surface area contributed by atoms with Crippen molar-refractivity contribution in [2.24, 2.45) is 0 Å². The molecule has 0 bridgehead atoms. The highest BCUT2D eigenvalue weighted by Gasteiger charge is 2.15. The van der Waals surface area contributed by atoms with Crippen molar-refractivity contribution in [1.29, 1.82) is 0 Å². The first kappa shape index (κ1) is 20.6. The Morgan fingerprint density at radius 1 is 0.828 bits per heavy atom. The molecule has 5 nitrogen and oxygen atoms in total. The van der Waals surface area contributed by atoms with Crippen molar-refractivity contribution in [3.63, 3.8) is 0 Å². The van der Waals surface area contributed by atoms with E-state index in [1.54, 1.807) is 36.4 Å². The van der Waals surface area contributed by atoms with E-state index in [4.69, 9.17) is 11.6 Å². The van der Waals surface area contributed by atoms with Crippen LogP contribution in [0.5, 0.6) is 0 Å². The van der Waals surface area contributed by atoms with Gasteiger partial charge in [0.25, 0.3) is 11.8 Å². The van der Waals surface area contributed by atoms with Gasteiger partial charge < -0.3 is 10.6 Å². The Labute approximate surface area is 175 Å². The molecule has 0 spiro atoms. The van der Waals surface area contributed by atoms with Gasteiger partial charge in [0.15, 0.2) is 0 Å². The zero-order valence-electron chi connectivity index (χ0n) is 16.5. The number of aromatic nitrogens is 1. The van der Waals surface area contributed by atoms with Gasteiger partial charge in [-0.3, -0.25) is 9.59 Å². The monoisotopic (exact) mass is 407 g/mol. The summed E-state index contributed by atoms with van der Waals surface area (Å²) in [5.74, 6) is -0.539. The molecule has 3 aromatic rings. The summed E-state index contributed by atoms with van der Waals surface area (Å²) in [5, 5.41) is 5.76. The lowest BCUT2D eigenvalue weighted by Gasteiger charge is -2.19. The van der Waals surface area contributed by atoms with Crippen LogP contribution in [0, 0.1) is 0 Å². The third kappa shape index (κ3) is 5.21. The molecular formula is C23H22ClN3O2. The van der Waals surface area contributed by atoms with E-state index in [2.05, 4.69) is 36.4 Å². The van der Waals surface area contributed by atoms with Crippen LogP contribution in [0.4, 0.5) is 11.4 Å². The standard InChI is InChI=1S/C23H22ClN3O2/c1-23(2,3)16-8-6-15(7-9-16)21(28)26-17-10-12-18(13-11-17)27-22(29)19-5-4-14-25-20(19)24/h4-14H,1-3H3,(H,26,28)(H,27,29). The minimum absolute atomic E-state index is 0.0370. The number of pyridine rings is 1. The number of nitrogens with one attached hydrogen (secondary N) is 2. The third-order valence-electron chi connectivity index (χ3n) is 4.42. The van der Waals surface area contributed by atoms with Crippen LogP contribution in [0.3, 0.4) is 0 Å². The summed E-state index contributed by atoms with van der Waals surface area (Å²) in [6.07, 6.45) is 1.52. The van der Waals surface area contributed by atoms with Crippen molar-refractivity contribution in [3.8, 4) is 0 Å². The highest BCUT2D eigenvalue weighted by Crippen LogP contribution is 2.23. The van der Waals surface area contributed by atoms with Crippen LogP contribution in [0.25, 0.3) is 0 Å². The fourth-order valence-electron chi connectivity index (χ4n) is 2.72. The second-order valence-electron chi connectivity index (χ2n) is 7.65. The van der Waals surface area contributed by atoms with Gasteiger partial charge in [-0.05, 0) is 59.5 Å². The number of amides is 2. The van der Waals surface area contributed by atoms with Crippen molar-refractivity contribution in [2.75, 3.05) is 10.6 Å². The summed E-state index contributed by atoms with van der Waals surface area (Å²) in [6, 6.07) is 17.7. The first-order valence-electron chi connectivity index (χ1n) is 9.18. The lowest BCUT2D eigenvalue weighted by Crippen LogP contribution is -2.15. The summed E-state index contributed by atoms with van der Waals surface area (Å²) >= 11 is 5.94. The van der Waals surface area contributed by atoms with E-state index < -0.39 is 0 Å². The van der Waals surface area contributed by atoms with Crippen LogP contribution in [-0.2, 0) is 5.41 Å². The average Bonchev–Trinajstić information content (AvgIpc) is 2.69. The van der Waals surface area contributed by atoms with E-state index in [0.29, 0.717) is 22.5 Å². The van der Waals surface area contributed by atoms with Gasteiger partial charge in [-0.1, -0.05) is 44.5 Å². The molecule has 2 aromatic carbocycles. The predicted molar refractivity (Wildman–Crippen MR) is 117 cm³/mol. The van der Waals surface area contributed by atoms with E-state index in [0.717, 1.165) is 0 Å². The van der Waals surface area contributed by atoms with Crippen LogP contribution in [-0.4, -0.2) is 16.8 Å². The molecule has 0 atom stereocenters. The van der Waals surface area contributed by atoms with Gasteiger partial charge in [0.1, 0.15) is 5.15 Å². The van der Waals surface area contributed by atoms with Gasteiger partial charge in [0.05, 0.1) is 5.56 Å². The molecule has 0 unspecified atom stereocenters. The number of benzene rings is 2. The van der Waals surface area contributed by atoms with Crippen molar-refractivity contribution >= 4 is 34.8 Å². The lowest BCUT2D eigenvalue weighted by atomic mass is 9.87. The summed E-state index contributed by atoms with van der Waals surface area (Å²) in [5.41, 5.74) is 3.31. The Kier molecular flexibility index (Phi) is 5.99. The van der Waals surface area contributed by atoms with Crippen LogP contribution < -0.4 is 10.6 Å². The topological polar surface area (TPSA) is 71.1 Å². The van der Waals surface area contributed by atoms with Crippen LogP contribution in [0.15, 0.2) is 66.9 Å². The van der Waals surface area contributed by atoms with E-state index in [-0.39, 0.29) is 22.4 Å². The summed E-state index contributed by atoms with van der Waals surface area (Å²) < 4.78 is 0. The molecule has 0 saturated carbocycles. The van der Waals surface area contributed by atoms with E-state index in [1.807, 2.05) is 24.3 Å². The van der Waals surface area contributed by atoms with E-state index in [9.17, 15) is 9.59 Å². The van der Waals surface area contributed by atoms with Gasteiger partial charge >= 0.3 is 0 Å². The summed E-state index contributed by atoms with van der Waals surface area (Å²) in [4.78, 5) is 28.6. The van der Waals surface area contributed by atoms with Gasteiger partial charge in [-0.15, -0.1) is 0 Å². The van der Waals surface area contributed by atoms with Crippen LogP contribution in [0.1, 0.15) is 47.1 Å². The zero-order chi connectivity index (χ0) is 21.0. The molecule has 0 radical (unpaired) electrons. The number of carbonyl (C=O) groups excluding carboxylic acids is 2. The number of anilines is 2. The second-order valence-corrected chi connectivity index (χ2v) is 8.01. The molecule has 6 heteroatoms. The smallest absolute Gasteiger partial charge is 0.258 e. The van der Waals surface area contributed by atoms with Gasteiger partial charge in [0.2, 0.25) is 0 Å². The molecule has 1 aromatic heterocycles. The normalized spacial score (nSPS) is 11.0. The average molecular weight is 408 g/mol. The quantitative estimate of drug-likeness (QED) is 0.558. The number of hydrogen-bond acceptors (Lipinski definition) is 3. The summed E-state index contributed by atoms with van der Waals surface area (Å²) in [7, 11) is 0.